The molecule has 4 rings (SSSR count). The van der Waals surface area contributed by atoms with Gasteiger partial charge in [-0.25, -0.2) is 18.2 Å². The Morgan fingerprint density at radius 2 is 1.88 bits per heavy atom. The smallest absolute Gasteiger partial charge is 0.226 e. The van der Waals surface area contributed by atoms with Crippen LogP contribution in [0.15, 0.2) is 48.8 Å². The van der Waals surface area contributed by atoms with E-state index >= 15 is 0 Å². The second kappa shape index (κ2) is 5.77. The number of hydrogen-bond donors (Lipinski definition) is 1. The summed E-state index contributed by atoms with van der Waals surface area (Å²) < 4.78 is 42.4. The van der Waals surface area contributed by atoms with Crippen LogP contribution >= 0.6 is 0 Å². The van der Waals surface area contributed by atoms with E-state index < -0.39 is 23.4 Å². The minimum Gasteiger partial charge on any atom is -0.310 e. The highest BCUT2D eigenvalue weighted by molar-refractivity contribution is 5.94. The highest BCUT2D eigenvalue weighted by Gasteiger charge is 2.31. The number of aromatic nitrogens is 2. The van der Waals surface area contributed by atoms with Gasteiger partial charge in [0.1, 0.15) is 29.6 Å². The number of carbonyl (C=O) groups is 1. The largest absolute Gasteiger partial charge is 0.310 e. The van der Waals surface area contributed by atoms with Gasteiger partial charge in [-0.15, -0.1) is 0 Å². The molecule has 2 heterocycles. The summed E-state index contributed by atoms with van der Waals surface area (Å²) in [5, 5.41) is 2.65. The predicted molar refractivity (Wildman–Crippen MR) is 85.0 cm³/mol. The van der Waals surface area contributed by atoms with Crippen LogP contribution in [0.4, 0.5) is 19.0 Å². The van der Waals surface area contributed by atoms with Gasteiger partial charge in [-0.2, -0.15) is 0 Å². The first-order valence-electron chi connectivity index (χ1n) is 7.61. The van der Waals surface area contributed by atoms with E-state index in [1.165, 1.54) is 23.0 Å². The topological polar surface area (TPSA) is 46.9 Å². The molecule has 7 heteroatoms. The van der Waals surface area contributed by atoms with Gasteiger partial charge in [0.15, 0.2) is 0 Å². The molecule has 0 unspecified atom stereocenters. The third-order valence-corrected chi connectivity index (χ3v) is 4.19. The number of imidazole rings is 1. The van der Waals surface area contributed by atoms with E-state index in [9.17, 15) is 18.0 Å². The van der Waals surface area contributed by atoms with Crippen LogP contribution in [0, 0.1) is 17.5 Å². The zero-order valence-electron chi connectivity index (χ0n) is 12.8. The van der Waals surface area contributed by atoms with Crippen molar-refractivity contribution in [2.45, 2.75) is 12.3 Å². The van der Waals surface area contributed by atoms with Gasteiger partial charge >= 0.3 is 0 Å². The number of rotatable bonds is 2. The Morgan fingerprint density at radius 1 is 1.08 bits per heavy atom. The third-order valence-electron chi connectivity index (χ3n) is 4.19. The zero-order valence-corrected chi connectivity index (χ0v) is 12.8. The van der Waals surface area contributed by atoms with Crippen molar-refractivity contribution in [3.63, 3.8) is 0 Å². The molecule has 3 aromatic rings. The van der Waals surface area contributed by atoms with E-state index in [-0.39, 0.29) is 23.8 Å². The van der Waals surface area contributed by atoms with Crippen molar-refractivity contribution in [3.05, 3.63) is 77.5 Å². The van der Waals surface area contributed by atoms with E-state index in [4.69, 9.17) is 0 Å². The van der Waals surface area contributed by atoms with Crippen molar-refractivity contribution in [1.82, 2.24) is 9.55 Å². The molecule has 1 aliphatic heterocycles. The Balaban J connectivity index is 1.86. The summed E-state index contributed by atoms with van der Waals surface area (Å²) in [6.45, 7) is 0. The molecule has 1 amide bonds. The highest BCUT2D eigenvalue weighted by atomic mass is 19.1. The molecule has 1 aromatic heterocycles. The molecule has 1 N–H and O–H groups in total. The van der Waals surface area contributed by atoms with Crippen molar-refractivity contribution in [1.29, 1.82) is 0 Å². The second-order valence-corrected chi connectivity index (χ2v) is 5.80. The van der Waals surface area contributed by atoms with Crippen LogP contribution in [0.2, 0.25) is 0 Å². The van der Waals surface area contributed by atoms with Crippen molar-refractivity contribution < 1.29 is 18.0 Å². The summed E-state index contributed by atoms with van der Waals surface area (Å²) in [6.07, 6.45) is 1.42. The van der Waals surface area contributed by atoms with Crippen molar-refractivity contribution >= 4 is 11.7 Å². The van der Waals surface area contributed by atoms with Crippen LogP contribution in [0.1, 0.15) is 23.6 Å². The third kappa shape index (κ3) is 2.67. The van der Waals surface area contributed by atoms with Gasteiger partial charge in [-0.05, 0) is 29.8 Å². The zero-order chi connectivity index (χ0) is 17.6. The molecule has 0 spiro atoms. The summed E-state index contributed by atoms with van der Waals surface area (Å²) in [6, 6.07) is 8.96. The van der Waals surface area contributed by atoms with Crippen LogP contribution in [-0.2, 0) is 4.79 Å². The number of hydrogen-bond acceptors (Lipinski definition) is 2. The standard InChI is InChI=1S/C18H12F3N3O/c19-11-3-1-2-10(6-11)13-8-16(25)23-18-17(13)22-9-24(18)15-7-12(20)4-5-14(15)21/h1-7,9,13H,8H2,(H,23,25)/t13-/m1/s1. The molecule has 0 radical (unpaired) electrons. The van der Waals surface area contributed by atoms with Gasteiger partial charge in [0.2, 0.25) is 5.91 Å². The number of anilines is 1. The monoisotopic (exact) mass is 343 g/mol. The number of halogens is 3. The molecule has 2 aromatic carbocycles. The maximum atomic E-state index is 14.1. The fraction of sp³-hybridized carbons (Fsp3) is 0.111. The minimum absolute atomic E-state index is 0.0612. The molecule has 1 atom stereocenters. The Labute approximate surface area is 140 Å². The highest BCUT2D eigenvalue weighted by Crippen LogP contribution is 2.37. The van der Waals surface area contributed by atoms with Gasteiger partial charge in [0.25, 0.3) is 0 Å². The van der Waals surface area contributed by atoms with Crippen molar-refractivity contribution in [2.75, 3.05) is 5.32 Å². The van der Waals surface area contributed by atoms with E-state index in [0.717, 1.165) is 18.2 Å². The first kappa shape index (κ1) is 15.4. The van der Waals surface area contributed by atoms with E-state index in [1.807, 2.05) is 0 Å². The molecule has 0 saturated carbocycles. The molecule has 0 bridgehead atoms. The van der Waals surface area contributed by atoms with Crippen LogP contribution < -0.4 is 5.32 Å². The van der Waals surface area contributed by atoms with E-state index in [0.29, 0.717) is 11.3 Å². The normalized spacial score (nSPS) is 16.4. The Kier molecular flexibility index (Phi) is 3.56. The Bertz CT molecular complexity index is 983. The molecular formula is C18H12F3N3O. The summed E-state index contributed by atoms with van der Waals surface area (Å²) in [5.41, 5.74) is 1.02. The average Bonchev–Trinajstić information content (AvgIpc) is 3.00. The number of fused-ring (bicyclic) bond motifs is 1. The molecule has 1 aliphatic rings. The summed E-state index contributed by atoms with van der Waals surface area (Å²) in [4.78, 5) is 16.4. The number of benzene rings is 2. The van der Waals surface area contributed by atoms with Crippen LogP contribution in [0.3, 0.4) is 0 Å². The van der Waals surface area contributed by atoms with Crippen LogP contribution in [-0.4, -0.2) is 15.5 Å². The Morgan fingerprint density at radius 3 is 2.68 bits per heavy atom. The molecule has 0 fully saturated rings. The first-order valence-corrected chi connectivity index (χ1v) is 7.61. The van der Waals surface area contributed by atoms with Crippen LogP contribution in [0.25, 0.3) is 5.69 Å². The van der Waals surface area contributed by atoms with Gasteiger partial charge in [0.05, 0.1) is 11.4 Å². The Hall–Kier alpha value is -3.09. The quantitative estimate of drug-likeness (QED) is 0.770. The first-order chi connectivity index (χ1) is 12.0. The lowest BCUT2D eigenvalue weighted by atomic mass is 9.90. The number of nitrogens with one attached hydrogen (secondary N) is 1. The SMILES string of the molecule is O=C1C[C@H](c2cccc(F)c2)c2ncn(-c3cc(F)ccc3F)c2N1. The molecule has 25 heavy (non-hydrogen) atoms. The fourth-order valence-electron chi connectivity index (χ4n) is 3.06. The van der Waals surface area contributed by atoms with Gasteiger partial charge in [-0.1, -0.05) is 12.1 Å². The number of amides is 1. The molecule has 126 valence electrons. The molecular weight excluding hydrogens is 331 g/mol. The van der Waals surface area contributed by atoms with E-state index in [1.54, 1.807) is 12.1 Å². The molecule has 0 aliphatic carbocycles. The number of nitrogens with zero attached hydrogens (tertiary/aromatic N) is 2. The molecule has 0 saturated heterocycles. The summed E-state index contributed by atoms with van der Waals surface area (Å²) >= 11 is 0. The van der Waals surface area contributed by atoms with Gasteiger partial charge in [-0.3, -0.25) is 9.36 Å². The molecule has 4 nitrogen and oxygen atoms in total. The number of carbonyl (C=O) groups excluding carboxylic acids is 1. The van der Waals surface area contributed by atoms with E-state index in [2.05, 4.69) is 10.3 Å². The lowest BCUT2D eigenvalue weighted by molar-refractivity contribution is -0.116. The summed E-state index contributed by atoms with van der Waals surface area (Å²) in [7, 11) is 0. The maximum Gasteiger partial charge on any atom is 0.226 e. The van der Waals surface area contributed by atoms with Crippen molar-refractivity contribution in [3.8, 4) is 5.69 Å². The maximum absolute atomic E-state index is 14.1. The lowest BCUT2D eigenvalue weighted by Gasteiger charge is -2.23. The summed E-state index contributed by atoms with van der Waals surface area (Å²) in [5.74, 6) is -2.18. The van der Waals surface area contributed by atoms with Crippen LogP contribution in [0.5, 0.6) is 0 Å². The minimum atomic E-state index is -0.649. The van der Waals surface area contributed by atoms with Gasteiger partial charge < -0.3 is 5.32 Å². The van der Waals surface area contributed by atoms with Gasteiger partial charge in [0, 0.05) is 18.4 Å². The van der Waals surface area contributed by atoms with Crippen molar-refractivity contribution in [2.24, 2.45) is 0 Å². The lowest BCUT2D eigenvalue weighted by Crippen LogP contribution is -2.25. The predicted octanol–water partition coefficient (Wildman–Crippen LogP) is 3.76. The second-order valence-electron chi connectivity index (χ2n) is 5.80. The average molecular weight is 343 g/mol. The fourth-order valence-corrected chi connectivity index (χ4v) is 3.06.